The lowest BCUT2D eigenvalue weighted by Gasteiger charge is -2.29. The average molecular weight is 641 g/mol. The number of aryl methyl sites for hydroxylation is 2. The van der Waals surface area contributed by atoms with Gasteiger partial charge in [-0.2, -0.15) is 0 Å². The monoisotopic (exact) mass is 640 g/mol. The normalized spacial score (nSPS) is 26.9. The number of carbonyl (C=O) groups excluding carboxylic acids is 1. The molecular formula is C24H33N8O11P. The number of nitrogens with one attached hydrogen (secondary N) is 3. The van der Waals surface area contributed by atoms with E-state index in [1.54, 1.807) is 0 Å². The van der Waals surface area contributed by atoms with Crippen LogP contribution < -0.4 is 27.6 Å². The fraction of sp³-hybridized carbons (Fsp3) is 0.625. The number of hydrogen-bond donors (Lipinski definition) is 4. The first kappa shape index (κ1) is 33.1. The minimum absolute atomic E-state index is 0.0188. The molecule has 0 aliphatic carbocycles. The van der Waals surface area contributed by atoms with Crippen LogP contribution in [0.4, 0.5) is 0 Å². The van der Waals surface area contributed by atoms with E-state index in [1.165, 1.54) is 33.2 Å². The molecule has 0 saturated carbocycles. The molecule has 2 aliphatic rings. The first-order valence-corrected chi connectivity index (χ1v) is 15.3. The predicted molar refractivity (Wildman–Crippen MR) is 151 cm³/mol. The van der Waals surface area contributed by atoms with Gasteiger partial charge in [0.25, 0.3) is 18.6 Å². The van der Waals surface area contributed by atoms with Crippen molar-refractivity contribution >= 4 is 13.5 Å². The maximum absolute atomic E-state index is 14.5. The van der Waals surface area contributed by atoms with Gasteiger partial charge >= 0.3 is 17.3 Å². The number of methoxy groups -OCH3 is 1. The molecule has 2 saturated heterocycles. The second kappa shape index (κ2) is 13.4. The molecule has 2 unspecified atom stereocenters. The van der Waals surface area contributed by atoms with Crippen LogP contribution in [-0.4, -0.2) is 80.5 Å². The second-order valence-corrected chi connectivity index (χ2v) is 12.7. The molecule has 0 radical (unpaired) electrons. The van der Waals surface area contributed by atoms with Crippen molar-refractivity contribution in [2.45, 2.75) is 76.5 Å². The number of nitrogens with zero attached hydrogens (tertiary/aromatic N) is 5. The fourth-order valence-corrected chi connectivity index (χ4v) is 7.50. The fourth-order valence-electron chi connectivity index (χ4n) is 5.09. The molecule has 2 aromatic heterocycles. The van der Waals surface area contributed by atoms with Gasteiger partial charge in [0.1, 0.15) is 24.6 Å². The van der Waals surface area contributed by atoms with E-state index in [1.807, 2.05) is 0 Å². The van der Waals surface area contributed by atoms with E-state index >= 15 is 0 Å². The summed E-state index contributed by atoms with van der Waals surface area (Å²) in [6.45, 7) is 3.77. The lowest BCUT2D eigenvalue weighted by Crippen LogP contribution is -2.39. The quantitative estimate of drug-likeness (QED) is 0.0810. The van der Waals surface area contributed by atoms with Crippen molar-refractivity contribution in [1.29, 1.82) is 0 Å². The zero-order chi connectivity index (χ0) is 32.3. The van der Waals surface area contributed by atoms with Crippen molar-refractivity contribution in [3.63, 3.8) is 0 Å². The number of H-pyrrole nitrogens is 2. The molecule has 0 bridgehead atoms. The van der Waals surface area contributed by atoms with E-state index in [2.05, 4.69) is 25.1 Å². The van der Waals surface area contributed by atoms with Crippen LogP contribution in [0.1, 0.15) is 43.3 Å². The molecule has 0 aromatic carbocycles. The molecule has 2 aliphatic heterocycles. The molecule has 8 atom stereocenters. The summed E-state index contributed by atoms with van der Waals surface area (Å²) in [5.41, 5.74) is 6.95. The summed E-state index contributed by atoms with van der Waals surface area (Å²) in [7, 11) is -3.05. The van der Waals surface area contributed by atoms with E-state index in [0.717, 1.165) is 16.2 Å². The Labute approximate surface area is 248 Å². The molecule has 2 aromatic rings. The van der Waals surface area contributed by atoms with Crippen LogP contribution in [0.15, 0.2) is 36.7 Å². The minimum Gasteiger partial charge on any atom is -0.468 e. The molecule has 44 heavy (non-hydrogen) atoms. The van der Waals surface area contributed by atoms with Gasteiger partial charge < -0.3 is 23.8 Å². The van der Waals surface area contributed by atoms with E-state index in [-0.39, 0.29) is 24.0 Å². The van der Waals surface area contributed by atoms with Crippen LogP contribution in [0.25, 0.3) is 10.4 Å². The maximum atomic E-state index is 14.5. The topological polar surface area (TPSA) is 262 Å². The molecule has 4 N–H and O–H groups in total. The summed E-state index contributed by atoms with van der Waals surface area (Å²) in [6.07, 6.45) is -3.29. The Bertz CT molecular complexity index is 1730. The highest BCUT2D eigenvalue weighted by Gasteiger charge is 2.46. The van der Waals surface area contributed by atoms with Gasteiger partial charge in [-0.15, -0.1) is 0 Å². The number of esters is 1. The van der Waals surface area contributed by atoms with E-state index in [0.29, 0.717) is 0 Å². The van der Waals surface area contributed by atoms with Crippen molar-refractivity contribution in [1.82, 2.24) is 24.2 Å². The first-order valence-electron chi connectivity index (χ1n) is 13.5. The third kappa shape index (κ3) is 7.10. The van der Waals surface area contributed by atoms with Crippen molar-refractivity contribution in [2.24, 2.45) is 5.11 Å². The highest BCUT2D eigenvalue weighted by molar-refractivity contribution is 7.57. The average Bonchev–Trinajstić information content (AvgIpc) is 3.55. The van der Waals surface area contributed by atoms with Crippen LogP contribution in [0.3, 0.4) is 0 Å². The van der Waals surface area contributed by atoms with Gasteiger partial charge in [-0.1, -0.05) is 5.11 Å². The Morgan fingerprint density at radius 3 is 2.18 bits per heavy atom. The van der Waals surface area contributed by atoms with E-state index in [9.17, 15) is 39.2 Å². The number of carbonyl (C=O) groups is 1. The Balaban J connectivity index is 1.64. The minimum atomic E-state index is -4.19. The summed E-state index contributed by atoms with van der Waals surface area (Å²) in [6, 6.07) is -2.10. The first-order chi connectivity index (χ1) is 20.8. The number of aliphatic hydroxyl groups is 1. The van der Waals surface area contributed by atoms with E-state index in [4.69, 9.17) is 18.7 Å². The molecule has 2 fully saturated rings. The maximum Gasteiger partial charge on any atom is 0.330 e. The third-order valence-electron chi connectivity index (χ3n) is 7.35. The van der Waals surface area contributed by atoms with Gasteiger partial charge in [-0.05, 0) is 26.3 Å². The number of aromatic nitrogens is 4. The summed E-state index contributed by atoms with van der Waals surface area (Å²) >= 11 is 0. The zero-order valence-electron chi connectivity index (χ0n) is 24.2. The second-order valence-electron chi connectivity index (χ2n) is 10.5. The summed E-state index contributed by atoms with van der Waals surface area (Å²) in [5.74, 6) is -0.768. The standard InChI is InChI=1S/C24H33N8O11P/c1-11-7-31(23(37)26-20(11)34)18-5-14(28-30-25)17(42-18)10-44(39,29-13(3)22(36)40-4)43-15-6-19(41-16(15)9-33)32-8-12(2)21(35)27-24(32)38/h7-8,13-19,33H,5-6,9-10H2,1-4H3,(H,29,39)(H,26,34,37)(H,27,35,38)/t13-,14?,15+,16-,17-,18-,19-,44?/m1/s1. The van der Waals surface area contributed by atoms with Crippen molar-refractivity contribution in [3.8, 4) is 0 Å². The Morgan fingerprint density at radius 1 is 1.11 bits per heavy atom. The third-order valence-corrected chi connectivity index (χ3v) is 9.58. The lowest BCUT2D eigenvalue weighted by molar-refractivity contribution is -0.142. The molecule has 4 rings (SSSR count). The Hall–Kier alpha value is -3.83. The summed E-state index contributed by atoms with van der Waals surface area (Å²) in [5, 5.41) is 16.4. The Kier molecular flexibility index (Phi) is 10.1. The van der Waals surface area contributed by atoms with Crippen molar-refractivity contribution < 1.29 is 33.2 Å². The van der Waals surface area contributed by atoms with Crippen LogP contribution in [0, 0.1) is 13.8 Å². The van der Waals surface area contributed by atoms with E-state index < -0.39 is 91.6 Å². The number of aliphatic hydroxyl groups excluding tert-OH is 1. The Morgan fingerprint density at radius 2 is 1.66 bits per heavy atom. The van der Waals surface area contributed by atoms with Gasteiger partial charge in [0.15, 0.2) is 0 Å². The van der Waals surface area contributed by atoms with Crippen molar-refractivity contribution in [2.75, 3.05) is 19.9 Å². The SMILES string of the molecule is COC(=O)[C@@H](C)NP(=O)(C[C@H]1O[C@@H](n2cc(C)c(=O)[nH]c2=O)CC1N=[N+]=[N-])O[C@H]1C[C@H](n2cc(C)c(=O)[nH]c2=O)O[C@@H]1CO. The number of aromatic amines is 2. The molecule has 240 valence electrons. The molecule has 0 spiro atoms. The van der Waals surface area contributed by atoms with Gasteiger partial charge in [0.2, 0.25) is 0 Å². The van der Waals surface area contributed by atoms with Gasteiger partial charge in [0.05, 0.1) is 38.1 Å². The molecule has 20 heteroatoms. The van der Waals surface area contributed by atoms with Gasteiger partial charge in [0, 0.05) is 41.3 Å². The van der Waals surface area contributed by atoms with Crippen LogP contribution in [-0.2, 0) is 28.1 Å². The number of hydrogen-bond acceptors (Lipinski definition) is 12. The molecular weight excluding hydrogens is 607 g/mol. The predicted octanol–water partition coefficient (Wildman–Crippen LogP) is -0.321. The smallest absolute Gasteiger partial charge is 0.330 e. The van der Waals surface area contributed by atoms with Crippen LogP contribution in [0.5, 0.6) is 0 Å². The van der Waals surface area contributed by atoms with Crippen LogP contribution >= 0.6 is 7.52 Å². The van der Waals surface area contributed by atoms with Gasteiger partial charge in [-0.3, -0.25) is 38.1 Å². The van der Waals surface area contributed by atoms with Crippen molar-refractivity contribution in [3.05, 3.63) is 75.6 Å². The number of ether oxygens (including phenoxy) is 3. The molecule has 0 amide bonds. The number of azide groups is 1. The largest absolute Gasteiger partial charge is 0.468 e. The highest BCUT2D eigenvalue weighted by Crippen LogP contribution is 2.51. The van der Waals surface area contributed by atoms with Crippen LogP contribution in [0.2, 0.25) is 0 Å². The van der Waals surface area contributed by atoms with Gasteiger partial charge in [-0.25, -0.2) is 14.7 Å². The summed E-state index contributed by atoms with van der Waals surface area (Å²) < 4.78 is 39.3. The molecule has 4 heterocycles. The summed E-state index contributed by atoms with van der Waals surface area (Å²) in [4.78, 5) is 68.1. The molecule has 19 nitrogen and oxygen atoms in total. The number of rotatable bonds is 11. The lowest BCUT2D eigenvalue weighted by atomic mass is 10.1. The highest BCUT2D eigenvalue weighted by atomic mass is 31.2. The zero-order valence-corrected chi connectivity index (χ0v) is 25.1.